The smallest absolute Gasteiger partial charge is 0.254 e. The van der Waals surface area contributed by atoms with E-state index < -0.39 is 0 Å². The van der Waals surface area contributed by atoms with Gasteiger partial charge in [0.05, 0.1) is 6.04 Å². The van der Waals surface area contributed by atoms with Crippen LogP contribution in [-0.2, 0) is 11.2 Å². The molecule has 1 aliphatic carbocycles. The molecule has 5 nitrogen and oxygen atoms in total. The van der Waals surface area contributed by atoms with E-state index in [2.05, 4.69) is 38.0 Å². The van der Waals surface area contributed by atoms with E-state index in [-0.39, 0.29) is 29.0 Å². The topological polar surface area (TPSA) is 64.0 Å². The number of carbonyl (C=O) groups excluding carboxylic acids is 1. The van der Waals surface area contributed by atoms with Crippen molar-refractivity contribution in [3.8, 4) is 0 Å². The van der Waals surface area contributed by atoms with Crippen molar-refractivity contribution in [2.24, 2.45) is 11.3 Å². The molecule has 3 rings (SSSR count). The number of carbonyl (C=O) groups is 1. The summed E-state index contributed by atoms with van der Waals surface area (Å²) in [6, 6.07) is 1.80. The second-order valence-electron chi connectivity index (χ2n) is 8.84. The van der Waals surface area contributed by atoms with Gasteiger partial charge in [0.25, 0.3) is 5.56 Å². The molecular weight excluding hydrogens is 346 g/mol. The molecule has 1 amide bonds. The first-order valence-electron chi connectivity index (χ1n) is 9.82. The van der Waals surface area contributed by atoms with E-state index in [1.54, 1.807) is 22.4 Å². The molecule has 1 saturated carbocycles. The van der Waals surface area contributed by atoms with Gasteiger partial charge in [-0.05, 0) is 37.0 Å². The van der Waals surface area contributed by atoms with Gasteiger partial charge in [-0.25, -0.2) is 4.98 Å². The van der Waals surface area contributed by atoms with E-state index in [0.29, 0.717) is 12.3 Å². The van der Waals surface area contributed by atoms with Crippen LogP contribution in [0.15, 0.2) is 16.0 Å². The Hall–Kier alpha value is -1.30. The summed E-state index contributed by atoms with van der Waals surface area (Å²) in [4.78, 5) is 29.7. The molecule has 3 atom stereocenters. The van der Waals surface area contributed by atoms with Crippen LogP contribution < -0.4 is 10.9 Å². The molecule has 0 aromatic carbocycles. The Balaban J connectivity index is 1.64. The summed E-state index contributed by atoms with van der Waals surface area (Å²) in [5.74, 6) is 1.44. The predicted molar refractivity (Wildman–Crippen MR) is 106 cm³/mol. The summed E-state index contributed by atoms with van der Waals surface area (Å²) in [6.07, 6.45) is 5.45. The highest BCUT2D eigenvalue weighted by molar-refractivity contribution is 7.99. The fourth-order valence-corrected chi connectivity index (χ4v) is 5.86. The van der Waals surface area contributed by atoms with E-state index >= 15 is 0 Å². The maximum absolute atomic E-state index is 12.6. The quantitative estimate of drug-likeness (QED) is 0.797. The van der Waals surface area contributed by atoms with Crippen molar-refractivity contribution in [2.75, 3.05) is 5.75 Å². The summed E-state index contributed by atoms with van der Waals surface area (Å²) in [7, 11) is 0. The van der Waals surface area contributed by atoms with E-state index in [0.717, 1.165) is 42.3 Å². The van der Waals surface area contributed by atoms with Crippen LogP contribution in [0.3, 0.4) is 0 Å². The number of aryl methyl sites for hydroxylation is 1. The van der Waals surface area contributed by atoms with Gasteiger partial charge < -0.3 is 5.32 Å². The van der Waals surface area contributed by atoms with Crippen molar-refractivity contribution in [1.82, 2.24) is 14.9 Å². The number of nitrogens with one attached hydrogen (secondary N) is 1. The molecule has 144 valence electrons. The molecule has 1 fully saturated rings. The summed E-state index contributed by atoms with van der Waals surface area (Å²) in [5.41, 5.74) is 1.12. The lowest BCUT2D eigenvalue weighted by Gasteiger charge is -2.39. The van der Waals surface area contributed by atoms with Crippen LogP contribution in [0.2, 0.25) is 0 Å². The van der Waals surface area contributed by atoms with Gasteiger partial charge in [0.2, 0.25) is 5.91 Å². The highest BCUT2D eigenvalue weighted by Gasteiger charge is 2.34. The monoisotopic (exact) mass is 377 g/mol. The van der Waals surface area contributed by atoms with Crippen LogP contribution in [0.1, 0.15) is 71.5 Å². The van der Waals surface area contributed by atoms with Gasteiger partial charge in [-0.15, -0.1) is 0 Å². The average Bonchev–Trinajstić information content (AvgIpc) is 2.88. The highest BCUT2D eigenvalue weighted by atomic mass is 32.2. The maximum atomic E-state index is 12.6. The summed E-state index contributed by atoms with van der Waals surface area (Å²) < 4.78 is 1.72. The Labute approximate surface area is 160 Å². The van der Waals surface area contributed by atoms with Crippen molar-refractivity contribution in [2.45, 2.75) is 83.5 Å². The molecular formula is C20H31N3O2S. The minimum absolute atomic E-state index is 0.0197. The fourth-order valence-electron chi connectivity index (χ4n) is 4.69. The first-order valence-corrected chi connectivity index (χ1v) is 10.8. The molecule has 1 N–H and O–H groups in total. The van der Waals surface area contributed by atoms with E-state index in [9.17, 15) is 9.59 Å². The van der Waals surface area contributed by atoms with Gasteiger partial charge in [-0.2, -0.15) is 0 Å². The van der Waals surface area contributed by atoms with Crippen molar-refractivity contribution in [3.63, 3.8) is 0 Å². The minimum atomic E-state index is -0.0836. The zero-order valence-electron chi connectivity index (χ0n) is 16.4. The number of aromatic nitrogens is 2. The van der Waals surface area contributed by atoms with Crippen molar-refractivity contribution in [1.29, 1.82) is 0 Å². The summed E-state index contributed by atoms with van der Waals surface area (Å²) in [6.45, 7) is 8.92. The molecule has 2 heterocycles. The first-order chi connectivity index (χ1) is 12.3. The zero-order valence-corrected chi connectivity index (χ0v) is 17.2. The third kappa shape index (κ3) is 4.51. The zero-order chi connectivity index (χ0) is 18.9. The van der Waals surface area contributed by atoms with E-state index in [1.165, 1.54) is 6.42 Å². The lowest BCUT2D eigenvalue weighted by Crippen LogP contribution is -2.43. The number of nitrogens with zero attached hydrogens (tertiary/aromatic N) is 2. The molecule has 1 aromatic rings. The van der Waals surface area contributed by atoms with Gasteiger partial charge in [0, 0.05) is 30.0 Å². The van der Waals surface area contributed by atoms with E-state index in [1.807, 2.05) is 0 Å². The van der Waals surface area contributed by atoms with Crippen molar-refractivity contribution < 1.29 is 4.79 Å². The molecule has 2 aliphatic rings. The molecule has 3 unspecified atom stereocenters. The Morgan fingerprint density at radius 2 is 2.19 bits per heavy atom. The average molecular weight is 378 g/mol. The molecule has 6 heteroatoms. The van der Waals surface area contributed by atoms with Gasteiger partial charge in [0.15, 0.2) is 5.16 Å². The molecule has 0 radical (unpaired) electrons. The van der Waals surface area contributed by atoms with Gasteiger partial charge in [0.1, 0.15) is 0 Å². The minimum Gasteiger partial charge on any atom is -0.353 e. The predicted octanol–water partition coefficient (Wildman–Crippen LogP) is 3.56. The Bertz CT molecular complexity index is 728. The molecule has 0 spiro atoms. The largest absolute Gasteiger partial charge is 0.353 e. The van der Waals surface area contributed by atoms with Crippen LogP contribution in [0.5, 0.6) is 0 Å². The lowest BCUT2D eigenvalue weighted by atomic mass is 9.70. The van der Waals surface area contributed by atoms with Gasteiger partial charge in [-0.3, -0.25) is 14.2 Å². The summed E-state index contributed by atoms with van der Waals surface area (Å²) >= 11 is 1.59. The standard InChI is InChI=1S/C20H31N3O2S/c1-5-6-14-8-18(25)23-16(12-26-19(23)22-14)9-17(24)21-15-7-13(2)10-20(3,4)11-15/h8,13,15-16H,5-7,9-12H2,1-4H3,(H,21,24). The van der Waals surface area contributed by atoms with Crippen LogP contribution in [-0.4, -0.2) is 27.3 Å². The second kappa shape index (κ2) is 7.75. The third-order valence-electron chi connectivity index (χ3n) is 5.42. The number of fused-ring (bicyclic) bond motifs is 1. The number of hydrogen-bond donors (Lipinski definition) is 1. The normalized spacial score (nSPS) is 27.2. The lowest BCUT2D eigenvalue weighted by molar-refractivity contribution is -0.123. The van der Waals surface area contributed by atoms with Crippen LogP contribution >= 0.6 is 11.8 Å². The number of thioether (sulfide) groups is 1. The summed E-state index contributed by atoms with van der Waals surface area (Å²) in [5, 5.41) is 4.00. The van der Waals surface area contributed by atoms with Crippen molar-refractivity contribution >= 4 is 17.7 Å². The van der Waals surface area contributed by atoms with Gasteiger partial charge in [-0.1, -0.05) is 45.9 Å². The SMILES string of the molecule is CCCc1cc(=O)n2c(n1)SCC2CC(=O)NC1CC(C)CC(C)(C)C1. The number of rotatable bonds is 5. The molecule has 0 saturated heterocycles. The Morgan fingerprint density at radius 1 is 1.42 bits per heavy atom. The van der Waals surface area contributed by atoms with E-state index in [4.69, 9.17) is 0 Å². The first kappa shape index (κ1) is 19.5. The van der Waals surface area contributed by atoms with Crippen molar-refractivity contribution in [3.05, 3.63) is 22.1 Å². The van der Waals surface area contributed by atoms with Crippen LogP contribution in [0.4, 0.5) is 0 Å². The number of amides is 1. The number of hydrogen-bond acceptors (Lipinski definition) is 4. The fraction of sp³-hybridized carbons (Fsp3) is 0.750. The van der Waals surface area contributed by atoms with Gasteiger partial charge >= 0.3 is 0 Å². The maximum Gasteiger partial charge on any atom is 0.254 e. The Morgan fingerprint density at radius 3 is 2.88 bits per heavy atom. The van der Waals surface area contributed by atoms with Crippen LogP contribution in [0, 0.1) is 11.3 Å². The third-order valence-corrected chi connectivity index (χ3v) is 6.52. The molecule has 0 bridgehead atoms. The molecule has 1 aromatic heterocycles. The highest BCUT2D eigenvalue weighted by Crippen LogP contribution is 2.38. The van der Waals surface area contributed by atoms with Crippen LogP contribution in [0.25, 0.3) is 0 Å². The second-order valence-corrected chi connectivity index (χ2v) is 9.82. The molecule has 1 aliphatic heterocycles. The molecule has 26 heavy (non-hydrogen) atoms. The Kier molecular flexibility index (Phi) is 5.80.